The quantitative estimate of drug-likeness (QED) is 0.835. The molecule has 0 atom stereocenters. The van der Waals surface area contributed by atoms with E-state index >= 15 is 0 Å². The fourth-order valence-corrected chi connectivity index (χ4v) is 2.67. The number of aryl methyl sites for hydroxylation is 1. The van der Waals surface area contributed by atoms with E-state index in [-0.39, 0.29) is 11.8 Å². The Hall–Kier alpha value is -1.43. The average molecular weight is 280 g/mol. The summed E-state index contributed by atoms with van der Waals surface area (Å²) in [6, 6.07) is 0.561. The summed E-state index contributed by atoms with van der Waals surface area (Å²) in [7, 11) is 1.81. The molecule has 6 nitrogen and oxygen atoms in total. The minimum atomic E-state index is 0.128. The van der Waals surface area contributed by atoms with Crippen molar-refractivity contribution in [2.24, 2.45) is 5.92 Å². The molecule has 2 heterocycles. The van der Waals surface area contributed by atoms with Gasteiger partial charge in [-0.05, 0) is 39.8 Å². The number of carbonyl (C=O) groups excluding carboxylic acids is 1. The highest BCUT2D eigenvalue weighted by molar-refractivity contribution is 5.78. The van der Waals surface area contributed by atoms with Crippen molar-refractivity contribution in [2.45, 2.75) is 46.2 Å². The summed E-state index contributed by atoms with van der Waals surface area (Å²) in [5, 5.41) is 3.83. The predicted octanol–water partition coefficient (Wildman–Crippen LogP) is 1.46. The van der Waals surface area contributed by atoms with Gasteiger partial charge >= 0.3 is 0 Å². The maximum atomic E-state index is 12.4. The number of likely N-dealkylation sites (tertiary alicyclic amines) is 1. The molecule has 20 heavy (non-hydrogen) atoms. The zero-order valence-corrected chi connectivity index (χ0v) is 12.8. The molecule has 0 aromatic carbocycles. The van der Waals surface area contributed by atoms with Crippen LogP contribution in [-0.2, 0) is 11.3 Å². The first-order valence-electron chi connectivity index (χ1n) is 7.25. The lowest BCUT2D eigenvalue weighted by atomic mass is 9.94. The summed E-state index contributed by atoms with van der Waals surface area (Å²) in [6.45, 7) is 8.58. The number of nitrogens with zero attached hydrogens (tertiary/aromatic N) is 4. The molecule has 0 bridgehead atoms. The lowest BCUT2D eigenvalue weighted by Gasteiger charge is -2.35. The molecular formula is C14H24N4O2. The van der Waals surface area contributed by atoms with Crippen LogP contribution in [0.3, 0.4) is 0 Å². The van der Waals surface area contributed by atoms with Crippen LogP contribution in [0, 0.1) is 12.8 Å². The SMILES string of the molecule is Cc1nc(CN(C)C(=O)C2CCN(C(C)C)CC2)no1. The standard InChI is InChI=1S/C14H24N4O2/c1-10(2)18-7-5-12(6-8-18)14(19)17(4)9-13-15-11(3)20-16-13/h10,12H,5-9H2,1-4H3. The first-order chi connectivity index (χ1) is 9.47. The second-order valence-corrected chi connectivity index (χ2v) is 5.83. The van der Waals surface area contributed by atoms with E-state index in [2.05, 4.69) is 28.9 Å². The second-order valence-electron chi connectivity index (χ2n) is 5.83. The van der Waals surface area contributed by atoms with Gasteiger partial charge in [0.2, 0.25) is 11.8 Å². The summed E-state index contributed by atoms with van der Waals surface area (Å²) < 4.78 is 4.93. The molecule has 2 rings (SSSR count). The smallest absolute Gasteiger partial charge is 0.225 e. The van der Waals surface area contributed by atoms with E-state index in [4.69, 9.17) is 4.52 Å². The third kappa shape index (κ3) is 3.56. The normalized spacial score (nSPS) is 17.6. The van der Waals surface area contributed by atoms with Gasteiger partial charge in [0.15, 0.2) is 5.82 Å². The summed E-state index contributed by atoms with van der Waals surface area (Å²) in [4.78, 5) is 20.7. The van der Waals surface area contributed by atoms with Crippen LogP contribution in [0.4, 0.5) is 0 Å². The molecule has 6 heteroatoms. The van der Waals surface area contributed by atoms with E-state index in [0.29, 0.717) is 24.3 Å². The van der Waals surface area contributed by atoms with Gasteiger partial charge in [-0.1, -0.05) is 5.16 Å². The number of amides is 1. The number of aromatic nitrogens is 2. The van der Waals surface area contributed by atoms with Crippen molar-refractivity contribution in [3.05, 3.63) is 11.7 Å². The number of carbonyl (C=O) groups is 1. The van der Waals surface area contributed by atoms with Gasteiger partial charge in [0.25, 0.3) is 0 Å². The van der Waals surface area contributed by atoms with Crippen LogP contribution < -0.4 is 0 Å². The zero-order valence-electron chi connectivity index (χ0n) is 12.8. The van der Waals surface area contributed by atoms with Gasteiger partial charge in [0.1, 0.15) is 0 Å². The molecule has 0 saturated carbocycles. The third-order valence-corrected chi connectivity index (χ3v) is 3.93. The topological polar surface area (TPSA) is 62.5 Å². The van der Waals surface area contributed by atoms with Gasteiger partial charge in [-0.3, -0.25) is 4.79 Å². The highest BCUT2D eigenvalue weighted by Crippen LogP contribution is 2.21. The fraction of sp³-hybridized carbons (Fsp3) is 0.786. The Balaban J connectivity index is 1.85. The number of rotatable bonds is 4. The minimum absolute atomic E-state index is 0.128. The Morgan fingerprint density at radius 1 is 1.45 bits per heavy atom. The molecule has 0 spiro atoms. The first kappa shape index (κ1) is 15.0. The van der Waals surface area contributed by atoms with Crippen LogP contribution in [0.5, 0.6) is 0 Å². The Kier molecular flexibility index (Phi) is 4.75. The maximum Gasteiger partial charge on any atom is 0.225 e. The van der Waals surface area contributed by atoms with Crippen molar-refractivity contribution in [1.82, 2.24) is 19.9 Å². The molecule has 0 aliphatic carbocycles. The molecule has 0 radical (unpaired) electrons. The van der Waals surface area contributed by atoms with Crippen LogP contribution >= 0.6 is 0 Å². The van der Waals surface area contributed by atoms with Crippen molar-refractivity contribution >= 4 is 5.91 Å². The highest BCUT2D eigenvalue weighted by atomic mass is 16.5. The second kappa shape index (κ2) is 6.35. The average Bonchev–Trinajstić information content (AvgIpc) is 2.83. The Morgan fingerprint density at radius 2 is 2.10 bits per heavy atom. The lowest BCUT2D eigenvalue weighted by molar-refractivity contribution is -0.136. The summed E-state index contributed by atoms with van der Waals surface area (Å²) in [5.74, 6) is 1.42. The van der Waals surface area contributed by atoms with Crippen LogP contribution in [0.15, 0.2) is 4.52 Å². The number of hydrogen-bond acceptors (Lipinski definition) is 5. The minimum Gasteiger partial charge on any atom is -0.340 e. The maximum absolute atomic E-state index is 12.4. The van der Waals surface area contributed by atoms with Crippen molar-refractivity contribution in [1.29, 1.82) is 0 Å². The first-order valence-corrected chi connectivity index (χ1v) is 7.25. The molecule has 1 fully saturated rings. The largest absolute Gasteiger partial charge is 0.340 e. The fourth-order valence-electron chi connectivity index (χ4n) is 2.67. The summed E-state index contributed by atoms with van der Waals surface area (Å²) >= 11 is 0. The predicted molar refractivity (Wildman–Crippen MR) is 74.9 cm³/mol. The lowest BCUT2D eigenvalue weighted by Crippen LogP contribution is -2.43. The van der Waals surface area contributed by atoms with Crippen LogP contribution in [0.2, 0.25) is 0 Å². The molecular weight excluding hydrogens is 256 g/mol. The van der Waals surface area contributed by atoms with Crippen LogP contribution in [0.1, 0.15) is 38.4 Å². The van der Waals surface area contributed by atoms with E-state index in [1.54, 1.807) is 11.8 Å². The molecule has 1 amide bonds. The van der Waals surface area contributed by atoms with Crippen molar-refractivity contribution < 1.29 is 9.32 Å². The summed E-state index contributed by atoms with van der Waals surface area (Å²) in [6.07, 6.45) is 1.87. The van der Waals surface area contributed by atoms with Crippen LogP contribution in [0.25, 0.3) is 0 Å². The van der Waals surface area contributed by atoms with Gasteiger partial charge in [0, 0.05) is 25.9 Å². The van der Waals surface area contributed by atoms with E-state index in [0.717, 1.165) is 25.9 Å². The monoisotopic (exact) mass is 280 g/mol. The molecule has 112 valence electrons. The molecule has 0 unspecified atom stereocenters. The third-order valence-electron chi connectivity index (χ3n) is 3.93. The van der Waals surface area contributed by atoms with Gasteiger partial charge in [-0.15, -0.1) is 0 Å². The van der Waals surface area contributed by atoms with Gasteiger partial charge in [-0.25, -0.2) is 0 Å². The van der Waals surface area contributed by atoms with Crippen LogP contribution in [-0.4, -0.2) is 52.0 Å². The van der Waals surface area contributed by atoms with Crippen molar-refractivity contribution in [3.63, 3.8) is 0 Å². The molecule has 0 N–H and O–H groups in total. The molecule has 1 aromatic heterocycles. The molecule has 1 saturated heterocycles. The summed E-state index contributed by atoms with van der Waals surface area (Å²) in [5.41, 5.74) is 0. The number of hydrogen-bond donors (Lipinski definition) is 0. The van der Waals surface area contributed by atoms with Crippen molar-refractivity contribution in [2.75, 3.05) is 20.1 Å². The Morgan fingerprint density at radius 3 is 2.60 bits per heavy atom. The highest BCUT2D eigenvalue weighted by Gasteiger charge is 2.28. The molecule has 1 aromatic rings. The Bertz CT molecular complexity index is 450. The van der Waals surface area contributed by atoms with Gasteiger partial charge in [0.05, 0.1) is 6.54 Å². The van der Waals surface area contributed by atoms with E-state index in [1.165, 1.54) is 0 Å². The van der Waals surface area contributed by atoms with E-state index < -0.39 is 0 Å². The molecule has 1 aliphatic heterocycles. The molecule has 1 aliphatic rings. The van der Waals surface area contributed by atoms with Gasteiger partial charge in [-0.2, -0.15) is 4.98 Å². The number of piperidine rings is 1. The zero-order chi connectivity index (χ0) is 14.7. The van der Waals surface area contributed by atoms with E-state index in [9.17, 15) is 4.79 Å². The van der Waals surface area contributed by atoms with E-state index in [1.807, 2.05) is 7.05 Å². The Labute approximate surface area is 120 Å². The van der Waals surface area contributed by atoms with Gasteiger partial charge < -0.3 is 14.3 Å². The van der Waals surface area contributed by atoms with Crippen molar-refractivity contribution in [3.8, 4) is 0 Å².